The van der Waals surface area contributed by atoms with E-state index in [0.717, 1.165) is 25.7 Å². The van der Waals surface area contributed by atoms with E-state index in [4.69, 9.17) is 11.6 Å². The Kier molecular flexibility index (Phi) is 3.49. The molecule has 0 saturated heterocycles. The molecule has 2 aromatic rings. The summed E-state index contributed by atoms with van der Waals surface area (Å²) in [6.07, 6.45) is 4.07. The highest BCUT2D eigenvalue weighted by Crippen LogP contribution is 2.36. The van der Waals surface area contributed by atoms with E-state index in [1.807, 2.05) is 0 Å². The van der Waals surface area contributed by atoms with Gasteiger partial charge in [-0.05, 0) is 30.9 Å². The molecule has 1 aromatic heterocycles. The highest BCUT2D eigenvalue weighted by atomic mass is 35.5. The van der Waals surface area contributed by atoms with Crippen molar-refractivity contribution in [2.45, 2.75) is 31.6 Å². The number of nitrogens with zero attached hydrogens (tertiary/aromatic N) is 1. The Morgan fingerprint density at radius 2 is 2.05 bits per heavy atom. The zero-order valence-electron chi connectivity index (χ0n) is 10.9. The van der Waals surface area contributed by atoms with Gasteiger partial charge in [-0.2, -0.15) is 4.98 Å². The Balaban J connectivity index is 2.05. The van der Waals surface area contributed by atoms with Crippen molar-refractivity contribution < 1.29 is 5.11 Å². The minimum absolute atomic E-state index is 0.125. The normalized spacial score (nSPS) is 15.7. The fourth-order valence-corrected chi connectivity index (χ4v) is 3.02. The van der Waals surface area contributed by atoms with E-state index in [2.05, 4.69) is 9.97 Å². The van der Waals surface area contributed by atoms with Crippen molar-refractivity contribution in [3.63, 3.8) is 0 Å². The average molecular weight is 291 g/mol. The molecular weight excluding hydrogens is 276 g/mol. The first-order chi connectivity index (χ1) is 9.65. The van der Waals surface area contributed by atoms with Crippen LogP contribution in [0.4, 0.5) is 0 Å². The monoisotopic (exact) mass is 290 g/mol. The van der Waals surface area contributed by atoms with Crippen molar-refractivity contribution in [2.75, 3.05) is 0 Å². The second-order valence-corrected chi connectivity index (χ2v) is 5.58. The molecule has 1 heterocycles. The van der Waals surface area contributed by atoms with Crippen molar-refractivity contribution in [1.82, 2.24) is 9.97 Å². The van der Waals surface area contributed by atoms with E-state index in [1.165, 1.54) is 0 Å². The first-order valence-electron chi connectivity index (χ1n) is 6.74. The smallest absolute Gasteiger partial charge is 0.258 e. The Morgan fingerprint density at radius 3 is 2.70 bits per heavy atom. The standard InChI is InChI=1S/C15H15ClN2O2/c16-11-7-3-6-10(8-11)13-17-14(19)12(15(20)18-13)9-4-1-2-5-9/h3,6-9H,1-2,4-5H2,(H2,17,18,19,20). The molecule has 0 radical (unpaired) electrons. The molecule has 1 fully saturated rings. The fourth-order valence-electron chi connectivity index (χ4n) is 2.83. The fraction of sp³-hybridized carbons (Fsp3) is 0.333. The number of aromatic nitrogens is 2. The second kappa shape index (κ2) is 5.29. The van der Waals surface area contributed by atoms with Gasteiger partial charge in [0.15, 0.2) is 0 Å². The molecule has 104 valence electrons. The number of aromatic hydroxyl groups is 1. The number of hydrogen-bond acceptors (Lipinski definition) is 3. The van der Waals surface area contributed by atoms with Gasteiger partial charge >= 0.3 is 0 Å². The molecule has 1 aliphatic carbocycles. The van der Waals surface area contributed by atoms with Gasteiger partial charge in [-0.25, -0.2) is 0 Å². The van der Waals surface area contributed by atoms with Crippen LogP contribution in [0.3, 0.4) is 0 Å². The maximum Gasteiger partial charge on any atom is 0.258 e. The summed E-state index contributed by atoms with van der Waals surface area (Å²) in [5.41, 5.74) is 0.857. The molecule has 0 amide bonds. The first kappa shape index (κ1) is 13.2. The molecule has 0 unspecified atom stereocenters. The summed E-state index contributed by atoms with van der Waals surface area (Å²) in [4.78, 5) is 19.1. The quantitative estimate of drug-likeness (QED) is 0.890. The van der Waals surface area contributed by atoms with Gasteiger partial charge in [0.25, 0.3) is 5.56 Å². The molecule has 1 aromatic carbocycles. The highest BCUT2D eigenvalue weighted by Gasteiger charge is 2.24. The van der Waals surface area contributed by atoms with Gasteiger partial charge < -0.3 is 10.1 Å². The molecule has 0 spiro atoms. The van der Waals surface area contributed by atoms with Crippen molar-refractivity contribution in [3.05, 3.63) is 45.2 Å². The third-order valence-electron chi connectivity index (χ3n) is 3.80. The topological polar surface area (TPSA) is 66.0 Å². The molecule has 20 heavy (non-hydrogen) atoms. The summed E-state index contributed by atoms with van der Waals surface area (Å²) < 4.78 is 0. The van der Waals surface area contributed by atoms with Crippen LogP contribution in [0.25, 0.3) is 11.4 Å². The third-order valence-corrected chi connectivity index (χ3v) is 4.03. The summed E-state index contributed by atoms with van der Waals surface area (Å²) in [7, 11) is 0. The van der Waals surface area contributed by atoms with Gasteiger partial charge in [-0.15, -0.1) is 0 Å². The number of benzene rings is 1. The first-order valence-corrected chi connectivity index (χ1v) is 7.12. The summed E-state index contributed by atoms with van der Waals surface area (Å²) in [5.74, 6) is 0.312. The van der Waals surface area contributed by atoms with E-state index < -0.39 is 0 Å². The molecule has 1 saturated carbocycles. The van der Waals surface area contributed by atoms with Crippen LogP contribution in [-0.4, -0.2) is 15.1 Å². The average Bonchev–Trinajstić information content (AvgIpc) is 2.91. The number of hydrogen-bond donors (Lipinski definition) is 2. The van der Waals surface area contributed by atoms with Crippen molar-refractivity contribution in [1.29, 1.82) is 0 Å². The lowest BCUT2D eigenvalue weighted by Crippen LogP contribution is -2.17. The van der Waals surface area contributed by atoms with Crippen molar-refractivity contribution in [2.24, 2.45) is 0 Å². The molecule has 4 nitrogen and oxygen atoms in total. The zero-order chi connectivity index (χ0) is 14.1. The van der Waals surface area contributed by atoms with Crippen LogP contribution in [0.1, 0.15) is 37.2 Å². The van der Waals surface area contributed by atoms with E-state index in [1.54, 1.807) is 24.3 Å². The van der Waals surface area contributed by atoms with Crippen molar-refractivity contribution >= 4 is 11.6 Å². The summed E-state index contributed by atoms with van der Waals surface area (Å²) in [5, 5.41) is 10.7. The number of rotatable bonds is 2. The lowest BCUT2D eigenvalue weighted by Gasteiger charge is -2.11. The lowest BCUT2D eigenvalue weighted by molar-refractivity contribution is 0.436. The van der Waals surface area contributed by atoms with E-state index >= 15 is 0 Å². The van der Waals surface area contributed by atoms with Crippen LogP contribution in [0.5, 0.6) is 5.88 Å². The predicted octanol–water partition coefficient (Wildman–Crippen LogP) is 3.45. The van der Waals surface area contributed by atoms with Gasteiger partial charge in [-0.3, -0.25) is 4.79 Å². The minimum atomic E-state index is -0.251. The van der Waals surface area contributed by atoms with Gasteiger partial charge in [0, 0.05) is 10.6 Å². The number of halogens is 1. The molecule has 5 heteroatoms. The largest absolute Gasteiger partial charge is 0.493 e. The second-order valence-electron chi connectivity index (χ2n) is 5.14. The highest BCUT2D eigenvalue weighted by molar-refractivity contribution is 6.30. The molecular formula is C15H15ClN2O2. The van der Waals surface area contributed by atoms with Gasteiger partial charge in [-0.1, -0.05) is 36.6 Å². The third kappa shape index (κ3) is 2.43. The van der Waals surface area contributed by atoms with Gasteiger partial charge in [0.2, 0.25) is 5.88 Å². The van der Waals surface area contributed by atoms with Crippen molar-refractivity contribution in [3.8, 4) is 17.3 Å². The number of H-pyrrole nitrogens is 1. The van der Waals surface area contributed by atoms with Gasteiger partial charge in [0.05, 0.1) is 5.56 Å². The molecule has 3 rings (SSSR count). The Bertz CT molecular complexity index is 691. The minimum Gasteiger partial charge on any atom is -0.493 e. The van der Waals surface area contributed by atoms with E-state index in [9.17, 15) is 9.90 Å². The van der Waals surface area contributed by atoms with E-state index in [0.29, 0.717) is 22.0 Å². The maximum atomic E-state index is 12.2. The predicted molar refractivity (Wildman–Crippen MR) is 78.2 cm³/mol. The Hall–Kier alpha value is -1.81. The SMILES string of the molecule is O=c1[nH]c(-c2cccc(Cl)c2)nc(O)c1C1CCCC1. The number of aromatic amines is 1. The molecule has 0 aliphatic heterocycles. The van der Waals surface area contributed by atoms with E-state index in [-0.39, 0.29) is 17.4 Å². The van der Waals surface area contributed by atoms with Gasteiger partial charge in [0.1, 0.15) is 5.82 Å². The summed E-state index contributed by atoms with van der Waals surface area (Å²) in [6, 6.07) is 7.02. The Morgan fingerprint density at radius 1 is 1.30 bits per heavy atom. The van der Waals surface area contributed by atoms with Crippen LogP contribution in [0.15, 0.2) is 29.1 Å². The zero-order valence-corrected chi connectivity index (χ0v) is 11.7. The molecule has 0 atom stereocenters. The molecule has 1 aliphatic rings. The van der Waals surface area contributed by atoms with Crippen LogP contribution >= 0.6 is 11.6 Å². The summed E-state index contributed by atoms with van der Waals surface area (Å²) in [6.45, 7) is 0. The molecule has 2 N–H and O–H groups in total. The van der Waals surface area contributed by atoms with Crippen LogP contribution in [-0.2, 0) is 0 Å². The maximum absolute atomic E-state index is 12.2. The Labute approximate surface area is 121 Å². The van der Waals surface area contributed by atoms with Crippen LogP contribution < -0.4 is 5.56 Å². The summed E-state index contributed by atoms with van der Waals surface area (Å²) >= 11 is 5.93. The van der Waals surface area contributed by atoms with Crippen LogP contribution in [0.2, 0.25) is 5.02 Å². The molecule has 0 bridgehead atoms. The lowest BCUT2D eigenvalue weighted by atomic mass is 10.00. The number of nitrogens with one attached hydrogen (secondary N) is 1. The van der Waals surface area contributed by atoms with Crippen LogP contribution in [0, 0.1) is 0 Å².